The van der Waals surface area contributed by atoms with Crippen molar-refractivity contribution >= 4 is 56.8 Å². The van der Waals surface area contributed by atoms with Crippen molar-refractivity contribution < 1.29 is 14.3 Å². The highest BCUT2D eigenvalue weighted by molar-refractivity contribution is 9.10. The summed E-state index contributed by atoms with van der Waals surface area (Å²) in [7, 11) is 1.61. The molecule has 1 aliphatic rings. The monoisotopic (exact) mass is 556 g/mol. The fraction of sp³-hybridized carbons (Fsp3) is 0.154. The first-order chi connectivity index (χ1) is 16.4. The van der Waals surface area contributed by atoms with E-state index in [1.807, 2.05) is 55.5 Å². The van der Waals surface area contributed by atoms with Crippen molar-refractivity contribution in [3.05, 3.63) is 98.6 Å². The number of thiocarbonyl (C=S) groups is 1. The zero-order valence-corrected chi connectivity index (χ0v) is 21.7. The number of benzene rings is 3. The van der Waals surface area contributed by atoms with Gasteiger partial charge in [-0.25, -0.2) is 0 Å². The molecule has 34 heavy (non-hydrogen) atoms. The lowest BCUT2D eigenvalue weighted by Gasteiger charge is -2.23. The quantitative estimate of drug-likeness (QED) is 0.265. The van der Waals surface area contributed by atoms with E-state index in [0.29, 0.717) is 27.3 Å². The van der Waals surface area contributed by atoms with E-state index in [1.165, 1.54) is 0 Å². The van der Waals surface area contributed by atoms with Crippen molar-refractivity contribution in [2.75, 3.05) is 7.11 Å². The van der Waals surface area contributed by atoms with E-state index in [4.69, 9.17) is 33.3 Å². The first kappa shape index (κ1) is 24.3. The fourth-order valence-electron chi connectivity index (χ4n) is 3.70. The van der Waals surface area contributed by atoms with E-state index in [2.05, 4.69) is 21.2 Å². The molecule has 1 amide bonds. The van der Waals surface area contributed by atoms with Crippen LogP contribution in [0.4, 0.5) is 0 Å². The molecule has 1 unspecified atom stereocenters. The molecule has 1 saturated heterocycles. The number of hydrogen-bond donors (Lipinski definition) is 1. The molecule has 0 bridgehead atoms. The van der Waals surface area contributed by atoms with Crippen LogP contribution in [-0.4, -0.2) is 23.0 Å². The molecule has 0 saturated carbocycles. The van der Waals surface area contributed by atoms with Gasteiger partial charge in [-0.3, -0.25) is 9.69 Å². The molecule has 1 heterocycles. The number of carbonyl (C=O) groups is 1. The van der Waals surface area contributed by atoms with Crippen LogP contribution in [0.3, 0.4) is 0 Å². The zero-order chi connectivity index (χ0) is 24.2. The lowest BCUT2D eigenvalue weighted by molar-refractivity contribution is -0.123. The van der Waals surface area contributed by atoms with Gasteiger partial charge in [0.05, 0.1) is 17.6 Å². The predicted molar refractivity (Wildman–Crippen MR) is 142 cm³/mol. The molecule has 3 aromatic rings. The van der Waals surface area contributed by atoms with Gasteiger partial charge in [0.15, 0.2) is 5.11 Å². The van der Waals surface area contributed by atoms with Gasteiger partial charge >= 0.3 is 0 Å². The normalized spacial score (nSPS) is 15.4. The van der Waals surface area contributed by atoms with Crippen LogP contribution < -0.4 is 14.8 Å². The molecule has 3 aromatic carbocycles. The second-order valence-corrected chi connectivity index (χ2v) is 9.36. The Morgan fingerprint density at radius 2 is 1.85 bits per heavy atom. The third-order valence-electron chi connectivity index (χ3n) is 5.47. The molecule has 1 fully saturated rings. The Kier molecular flexibility index (Phi) is 7.56. The first-order valence-corrected chi connectivity index (χ1v) is 12.1. The van der Waals surface area contributed by atoms with Gasteiger partial charge < -0.3 is 14.8 Å². The van der Waals surface area contributed by atoms with Crippen molar-refractivity contribution in [2.24, 2.45) is 0 Å². The lowest BCUT2D eigenvalue weighted by Crippen LogP contribution is -2.33. The molecule has 1 atom stereocenters. The van der Waals surface area contributed by atoms with E-state index in [9.17, 15) is 4.79 Å². The first-order valence-electron chi connectivity index (χ1n) is 10.5. The molecule has 0 aliphatic carbocycles. The zero-order valence-electron chi connectivity index (χ0n) is 18.5. The molecule has 0 radical (unpaired) electrons. The number of amides is 1. The van der Waals surface area contributed by atoms with Crippen LogP contribution in [0.25, 0.3) is 6.08 Å². The highest BCUT2D eigenvalue weighted by Gasteiger charge is 2.34. The molecular weight excluding hydrogens is 536 g/mol. The topological polar surface area (TPSA) is 50.8 Å². The second kappa shape index (κ2) is 10.6. The van der Waals surface area contributed by atoms with Crippen molar-refractivity contribution in [3.63, 3.8) is 0 Å². The van der Waals surface area contributed by atoms with Crippen LogP contribution in [0.15, 0.2) is 76.9 Å². The van der Waals surface area contributed by atoms with E-state index in [-0.39, 0.29) is 18.6 Å². The maximum Gasteiger partial charge on any atom is 0.277 e. The number of hydrogen-bond acceptors (Lipinski definition) is 4. The van der Waals surface area contributed by atoms with Crippen LogP contribution >= 0.6 is 39.7 Å². The number of ether oxygens (including phenoxy) is 2. The van der Waals surface area contributed by atoms with Crippen LogP contribution in [0.2, 0.25) is 5.02 Å². The number of rotatable bonds is 7. The molecule has 174 valence electrons. The molecule has 4 rings (SSSR count). The smallest absolute Gasteiger partial charge is 0.277 e. The summed E-state index contributed by atoms with van der Waals surface area (Å²) < 4.78 is 12.2. The summed E-state index contributed by atoms with van der Waals surface area (Å²) in [6.45, 7) is 2.24. The van der Waals surface area contributed by atoms with Gasteiger partial charge in [0.25, 0.3) is 5.91 Å². The maximum absolute atomic E-state index is 13.2. The number of methoxy groups -OCH3 is 1. The highest BCUT2D eigenvalue weighted by atomic mass is 79.9. The van der Waals surface area contributed by atoms with Crippen molar-refractivity contribution in [2.45, 2.75) is 19.6 Å². The fourth-order valence-corrected chi connectivity index (χ4v) is 4.84. The molecular formula is C26H22BrClN2O3S. The third-order valence-corrected chi connectivity index (χ3v) is 6.63. The Bertz CT molecular complexity index is 1270. The van der Waals surface area contributed by atoms with Crippen LogP contribution in [0.5, 0.6) is 11.5 Å². The van der Waals surface area contributed by atoms with Gasteiger partial charge in [-0.15, -0.1) is 0 Å². The molecule has 1 N–H and O–H groups in total. The Labute approximate surface area is 217 Å². The van der Waals surface area contributed by atoms with Gasteiger partial charge in [0, 0.05) is 10.6 Å². The molecule has 1 aliphatic heterocycles. The average Bonchev–Trinajstić information content (AvgIpc) is 3.11. The predicted octanol–water partition coefficient (Wildman–Crippen LogP) is 6.51. The summed E-state index contributed by atoms with van der Waals surface area (Å²) in [5.41, 5.74) is 3.09. The van der Waals surface area contributed by atoms with Crippen LogP contribution in [0.1, 0.15) is 29.7 Å². The summed E-state index contributed by atoms with van der Waals surface area (Å²) in [6.07, 6.45) is 1.79. The molecule has 5 nitrogen and oxygen atoms in total. The van der Waals surface area contributed by atoms with Gasteiger partial charge in [-0.1, -0.05) is 48.0 Å². The summed E-state index contributed by atoms with van der Waals surface area (Å²) >= 11 is 14.9. The van der Waals surface area contributed by atoms with Gasteiger partial charge in [0.1, 0.15) is 23.8 Å². The van der Waals surface area contributed by atoms with E-state index < -0.39 is 0 Å². The highest BCUT2D eigenvalue weighted by Crippen LogP contribution is 2.31. The number of nitrogens with one attached hydrogen (secondary N) is 1. The second-order valence-electron chi connectivity index (χ2n) is 7.68. The maximum atomic E-state index is 13.2. The Hall–Kier alpha value is -2.87. The van der Waals surface area contributed by atoms with E-state index in [0.717, 1.165) is 21.2 Å². The minimum Gasteiger partial charge on any atom is -0.496 e. The standard InChI is InChI=1S/C26H22BrClN2O3S/c1-16(18-6-4-3-5-7-18)30-25(31)22(29-26(30)34)13-17-8-10-23(32-2)19(12-17)15-33-24-11-9-20(28)14-21(24)27/h3-14,16H,15H2,1-2H3,(H,29,34)/b22-13-. The van der Waals surface area contributed by atoms with Gasteiger partial charge in [-0.05, 0) is 82.6 Å². The molecule has 0 aromatic heterocycles. The third kappa shape index (κ3) is 5.27. The number of halogens is 2. The lowest BCUT2D eigenvalue weighted by atomic mass is 10.1. The largest absolute Gasteiger partial charge is 0.496 e. The molecule has 0 spiro atoms. The van der Waals surface area contributed by atoms with Crippen molar-refractivity contribution in [1.29, 1.82) is 0 Å². The summed E-state index contributed by atoms with van der Waals surface area (Å²) in [6, 6.07) is 20.6. The average molecular weight is 558 g/mol. The Morgan fingerprint density at radius 3 is 2.56 bits per heavy atom. The van der Waals surface area contributed by atoms with Gasteiger partial charge in [-0.2, -0.15) is 0 Å². The van der Waals surface area contributed by atoms with E-state index in [1.54, 1.807) is 36.3 Å². The van der Waals surface area contributed by atoms with Crippen molar-refractivity contribution in [3.8, 4) is 11.5 Å². The van der Waals surface area contributed by atoms with Crippen LogP contribution in [-0.2, 0) is 11.4 Å². The number of carbonyl (C=O) groups excluding carboxylic acids is 1. The SMILES string of the molecule is COc1ccc(/C=C2\NC(=S)N(C(C)c3ccccc3)C2=O)cc1COc1ccc(Cl)cc1Br. The molecule has 8 heteroatoms. The van der Waals surface area contributed by atoms with Gasteiger partial charge in [0.2, 0.25) is 0 Å². The summed E-state index contributed by atoms with van der Waals surface area (Å²) in [5.74, 6) is 1.19. The summed E-state index contributed by atoms with van der Waals surface area (Å²) in [4.78, 5) is 14.8. The Morgan fingerprint density at radius 1 is 1.12 bits per heavy atom. The summed E-state index contributed by atoms with van der Waals surface area (Å²) in [5, 5.41) is 4.06. The number of nitrogens with zero attached hydrogens (tertiary/aromatic N) is 1. The van der Waals surface area contributed by atoms with Crippen LogP contribution in [0, 0.1) is 0 Å². The minimum absolute atomic E-state index is 0.167. The minimum atomic E-state index is -0.183. The Balaban J connectivity index is 1.55. The van der Waals surface area contributed by atoms with Crippen molar-refractivity contribution in [1.82, 2.24) is 10.2 Å². The van der Waals surface area contributed by atoms with E-state index >= 15 is 0 Å².